The summed E-state index contributed by atoms with van der Waals surface area (Å²) in [5.74, 6) is 0. The van der Waals surface area contributed by atoms with Gasteiger partial charge in [-0.05, 0) is 129 Å². The molecule has 4 saturated heterocycles. The Balaban J connectivity index is 0.000000152. The van der Waals surface area contributed by atoms with Gasteiger partial charge in [-0.2, -0.15) is 0 Å². The van der Waals surface area contributed by atoms with Crippen LogP contribution < -0.4 is 10.9 Å². The maximum Gasteiger partial charge on any atom is 0.494 e. The molecular weight excluding hydrogens is 606 g/mol. The van der Waals surface area contributed by atoms with Crippen LogP contribution in [0.5, 0.6) is 0 Å². The second kappa shape index (κ2) is 12.5. The first-order valence-corrected chi connectivity index (χ1v) is 17.6. The van der Waals surface area contributed by atoms with Gasteiger partial charge in [-0.3, -0.25) is 0 Å². The predicted octanol–water partition coefficient (Wildman–Crippen LogP) is 6.07. The van der Waals surface area contributed by atoms with Gasteiger partial charge in [-0.15, -0.1) is 0 Å². The van der Waals surface area contributed by atoms with Crippen molar-refractivity contribution in [1.82, 2.24) is 19.1 Å². The first-order chi connectivity index (χ1) is 22.7. The molecule has 6 heterocycles. The minimum atomic E-state index is -0.352. The molecule has 12 heteroatoms. The molecular formula is C36H50B2N4O6. The molecule has 0 N–H and O–H groups in total. The largest absolute Gasteiger partial charge is 0.494 e. The van der Waals surface area contributed by atoms with Crippen molar-refractivity contribution in [3.8, 4) is 0 Å². The van der Waals surface area contributed by atoms with E-state index in [2.05, 4.69) is 98.8 Å². The Bertz CT molecular complexity index is 1720. The van der Waals surface area contributed by atoms with Crippen LogP contribution in [0.3, 0.4) is 0 Å². The molecule has 0 bridgehead atoms. The van der Waals surface area contributed by atoms with Gasteiger partial charge in [0.25, 0.3) is 0 Å². The van der Waals surface area contributed by atoms with Crippen molar-refractivity contribution in [3.63, 3.8) is 0 Å². The Morgan fingerprint density at radius 3 is 1.52 bits per heavy atom. The minimum absolute atomic E-state index is 0.0808. The second-order valence-electron chi connectivity index (χ2n) is 15.6. The van der Waals surface area contributed by atoms with Crippen LogP contribution in [-0.2, 0) is 28.1 Å². The molecule has 2 atom stereocenters. The van der Waals surface area contributed by atoms with Crippen LogP contribution in [-0.4, -0.2) is 69.0 Å². The number of benzene rings is 2. The smallest absolute Gasteiger partial charge is 0.399 e. The number of rotatable bonds is 4. The van der Waals surface area contributed by atoms with Crippen LogP contribution in [0.4, 0.5) is 0 Å². The fourth-order valence-electron chi connectivity index (χ4n) is 6.69. The summed E-state index contributed by atoms with van der Waals surface area (Å²) in [6, 6.07) is 12.4. The quantitative estimate of drug-likeness (QED) is 0.245. The summed E-state index contributed by atoms with van der Waals surface area (Å²) in [5.41, 5.74) is 4.81. The molecule has 0 amide bonds. The first kappa shape index (κ1) is 33.8. The Hall–Kier alpha value is -2.73. The Morgan fingerprint density at radius 2 is 1.02 bits per heavy atom. The highest BCUT2D eigenvalue weighted by atomic mass is 16.7. The van der Waals surface area contributed by atoms with Gasteiger partial charge >= 0.3 is 14.2 Å². The van der Waals surface area contributed by atoms with E-state index in [1.807, 2.05) is 24.8 Å². The molecule has 0 aliphatic carbocycles. The zero-order valence-electron chi connectivity index (χ0n) is 29.8. The molecule has 0 radical (unpaired) electrons. The van der Waals surface area contributed by atoms with Crippen molar-refractivity contribution >= 4 is 47.2 Å². The maximum atomic E-state index is 6.18. The van der Waals surface area contributed by atoms with Crippen LogP contribution in [0.25, 0.3) is 22.1 Å². The molecule has 8 rings (SSSR count). The molecule has 4 aliphatic rings. The first-order valence-electron chi connectivity index (χ1n) is 17.6. The van der Waals surface area contributed by atoms with Gasteiger partial charge in [-0.25, -0.2) is 9.97 Å². The van der Waals surface area contributed by atoms with Crippen LogP contribution in [0.15, 0.2) is 49.1 Å². The summed E-state index contributed by atoms with van der Waals surface area (Å²) < 4.78 is 40.7. The van der Waals surface area contributed by atoms with E-state index in [0.29, 0.717) is 0 Å². The van der Waals surface area contributed by atoms with Gasteiger partial charge < -0.3 is 37.2 Å². The number of hydrogen-bond acceptors (Lipinski definition) is 8. The van der Waals surface area contributed by atoms with E-state index in [-0.39, 0.29) is 49.1 Å². The lowest BCUT2D eigenvalue weighted by Crippen LogP contribution is -2.41. The van der Waals surface area contributed by atoms with Crippen LogP contribution in [0, 0.1) is 0 Å². The number of aromatic nitrogens is 4. The van der Waals surface area contributed by atoms with Crippen molar-refractivity contribution in [2.45, 2.75) is 129 Å². The Kier molecular flexibility index (Phi) is 8.82. The lowest BCUT2D eigenvalue weighted by atomic mass is 9.79. The lowest BCUT2D eigenvalue weighted by molar-refractivity contribution is -0.0296. The number of imidazole rings is 2. The van der Waals surface area contributed by atoms with E-state index < -0.39 is 0 Å². The molecule has 10 nitrogen and oxygen atoms in total. The van der Waals surface area contributed by atoms with E-state index in [1.54, 1.807) is 0 Å². The van der Waals surface area contributed by atoms with Gasteiger partial charge in [0.2, 0.25) is 0 Å². The summed E-state index contributed by atoms with van der Waals surface area (Å²) in [7, 11) is -0.703. The van der Waals surface area contributed by atoms with E-state index in [1.165, 1.54) is 12.8 Å². The zero-order valence-corrected chi connectivity index (χ0v) is 29.8. The van der Waals surface area contributed by atoms with Crippen molar-refractivity contribution in [2.24, 2.45) is 0 Å². The van der Waals surface area contributed by atoms with Gasteiger partial charge in [0.1, 0.15) is 12.5 Å². The van der Waals surface area contributed by atoms with Crippen molar-refractivity contribution in [2.75, 3.05) is 13.2 Å². The monoisotopic (exact) mass is 656 g/mol. The topological polar surface area (TPSA) is 91.0 Å². The molecule has 2 aromatic heterocycles. The molecule has 0 saturated carbocycles. The van der Waals surface area contributed by atoms with Crippen LogP contribution in [0.1, 0.15) is 106 Å². The van der Waals surface area contributed by atoms with Gasteiger partial charge in [-0.1, -0.05) is 12.1 Å². The highest BCUT2D eigenvalue weighted by molar-refractivity contribution is 6.62. The molecule has 4 fully saturated rings. The number of hydrogen-bond donors (Lipinski definition) is 0. The third kappa shape index (κ3) is 6.24. The second-order valence-corrected chi connectivity index (χ2v) is 15.6. The van der Waals surface area contributed by atoms with Crippen LogP contribution in [0.2, 0.25) is 0 Å². The lowest BCUT2D eigenvalue weighted by Gasteiger charge is -2.32. The molecule has 2 unspecified atom stereocenters. The molecule has 2 aromatic carbocycles. The SMILES string of the molecule is CC1(C)OB(c2ccc3c(c2)ncn3C2CCCCO2)OC1(C)C.CC1(C)OB(c2ccc3ncn(C4CCCCO4)c3c2)OC1(C)C. The molecule has 4 aromatic rings. The molecule has 48 heavy (non-hydrogen) atoms. The third-order valence-electron chi connectivity index (χ3n) is 11.2. The van der Waals surface area contributed by atoms with E-state index in [9.17, 15) is 0 Å². The number of ether oxygens (including phenoxy) is 2. The minimum Gasteiger partial charge on any atom is -0.399 e. The summed E-state index contributed by atoms with van der Waals surface area (Å²) in [5, 5.41) is 0. The Labute approximate surface area is 285 Å². The van der Waals surface area contributed by atoms with Crippen molar-refractivity contribution < 1.29 is 28.1 Å². The van der Waals surface area contributed by atoms with Gasteiger partial charge in [0.05, 0.1) is 57.1 Å². The summed E-state index contributed by atoms with van der Waals surface area (Å²) in [4.78, 5) is 9.09. The van der Waals surface area contributed by atoms with Crippen molar-refractivity contribution in [1.29, 1.82) is 0 Å². The average molecular weight is 656 g/mol. The average Bonchev–Trinajstić information content (AvgIpc) is 3.78. The van der Waals surface area contributed by atoms with E-state index >= 15 is 0 Å². The summed E-state index contributed by atoms with van der Waals surface area (Å²) >= 11 is 0. The standard InChI is InChI=1S/2C18H25BN2O3/c1-17(2)18(3,4)24-19(23-17)13-8-9-15-14(11-13)20-12-21(15)16-7-5-6-10-22-16;1-17(2)18(3,4)24-19(23-17)13-8-9-14-15(11-13)21(12-20-14)16-7-5-6-10-22-16/h2*8-9,11-12,16H,5-7,10H2,1-4H3. The van der Waals surface area contributed by atoms with E-state index in [4.69, 9.17) is 28.1 Å². The zero-order chi connectivity index (χ0) is 33.9. The van der Waals surface area contributed by atoms with E-state index in [0.717, 1.165) is 71.9 Å². The third-order valence-corrected chi connectivity index (χ3v) is 11.2. The normalized spacial score (nSPS) is 26.2. The van der Waals surface area contributed by atoms with Crippen LogP contribution >= 0.6 is 0 Å². The molecule has 0 spiro atoms. The number of nitrogens with zero attached hydrogens (tertiary/aromatic N) is 4. The highest BCUT2D eigenvalue weighted by Crippen LogP contribution is 2.38. The molecule has 4 aliphatic heterocycles. The van der Waals surface area contributed by atoms with Gasteiger partial charge in [0.15, 0.2) is 0 Å². The Morgan fingerprint density at radius 1 is 0.562 bits per heavy atom. The maximum absolute atomic E-state index is 6.18. The number of fused-ring (bicyclic) bond motifs is 2. The predicted molar refractivity (Wildman–Crippen MR) is 189 cm³/mol. The van der Waals surface area contributed by atoms with Gasteiger partial charge in [0, 0.05) is 13.2 Å². The fraction of sp³-hybridized carbons (Fsp3) is 0.611. The van der Waals surface area contributed by atoms with Crippen molar-refractivity contribution in [3.05, 3.63) is 49.1 Å². The summed E-state index contributed by atoms with van der Waals surface area (Å²) in [6.07, 6.45) is 10.7. The highest BCUT2D eigenvalue weighted by Gasteiger charge is 2.52. The fourth-order valence-corrected chi connectivity index (χ4v) is 6.69. The summed E-state index contributed by atoms with van der Waals surface area (Å²) in [6.45, 7) is 18.2. The molecule has 256 valence electrons.